The fourth-order valence-electron chi connectivity index (χ4n) is 1.30. The van der Waals surface area contributed by atoms with Gasteiger partial charge in [-0.3, -0.25) is 0 Å². The standard InChI is InChI=1S/C12H19NO4/c1-4-12(3,16)7-13-8(2)9-5-6-10(17-9)11(14)15/h5-6,8,13,16H,4,7H2,1-3H3,(H,14,15). The maximum absolute atomic E-state index is 10.6. The van der Waals surface area contributed by atoms with Gasteiger partial charge in [0.25, 0.3) is 0 Å². The van der Waals surface area contributed by atoms with Crippen LogP contribution in [-0.2, 0) is 0 Å². The van der Waals surface area contributed by atoms with Crippen molar-refractivity contribution in [2.75, 3.05) is 6.54 Å². The van der Waals surface area contributed by atoms with Crippen molar-refractivity contribution in [1.29, 1.82) is 0 Å². The van der Waals surface area contributed by atoms with Crippen LogP contribution in [0.2, 0.25) is 0 Å². The smallest absolute Gasteiger partial charge is 0.371 e. The molecule has 17 heavy (non-hydrogen) atoms. The molecule has 0 saturated heterocycles. The van der Waals surface area contributed by atoms with Crippen LogP contribution in [0.1, 0.15) is 49.5 Å². The predicted molar refractivity (Wildman–Crippen MR) is 63.0 cm³/mol. The lowest BCUT2D eigenvalue weighted by Gasteiger charge is -2.23. The summed E-state index contributed by atoms with van der Waals surface area (Å²) < 4.78 is 5.16. The molecule has 0 saturated carbocycles. The van der Waals surface area contributed by atoms with Crippen molar-refractivity contribution in [1.82, 2.24) is 5.32 Å². The normalized spacial score (nSPS) is 16.5. The van der Waals surface area contributed by atoms with Gasteiger partial charge in [-0.15, -0.1) is 0 Å². The molecule has 0 fully saturated rings. The molecule has 2 atom stereocenters. The van der Waals surface area contributed by atoms with E-state index in [2.05, 4.69) is 5.32 Å². The average Bonchev–Trinajstić information content (AvgIpc) is 2.75. The van der Waals surface area contributed by atoms with E-state index in [1.807, 2.05) is 13.8 Å². The highest BCUT2D eigenvalue weighted by molar-refractivity contribution is 5.84. The molecule has 5 nitrogen and oxygen atoms in total. The van der Waals surface area contributed by atoms with Gasteiger partial charge < -0.3 is 19.9 Å². The monoisotopic (exact) mass is 241 g/mol. The number of rotatable bonds is 6. The third-order valence-corrected chi connectivity index (χ3v) is 2.82. The zero-order chi connectivity index (χ0) is 13.1. The largest absolute Gasteiger partial charge is 0.475 e. The van der Waals surface area contributed by atoms with Crippen LogP contribution in [0.25, 0.3) is 0 Å². The van der Waals surface area contributed by atoms with Crippen molar-refractivity contribution in [3.63, 3.8) is 0 Å². The fourth-order valence-corrected chi connectivity index (χ4v) is 1.30. The van der Waals surface area contributed by atoms with E-state index in [-0.39, 0.29) is 11.8 Å². The van der Waals surface area contributed by atoms with Gasteiger partial charge >= 0.3 is 5.97 Å². The Morgan fingerprint density at radius 3 is 2.71 bits per heavy atom. The first kappa shape index (κ1) is 13.7. The van der Waals surface area contributed by atoms with Gasteiger partial charge in [-0.2, -0.15) is 0 Å². The zero-order valence-corrected chi connectivity index (χ0v) is 10.4. The number of nitrogens with one attached hydrogen (secondary N) is 1. The van der Waals surface area contributed by atoms with E-state index in [4.69, 9.17) is 9.52 Å². The molecule has 0 aliphatic carbocycles. The Morgan fingerprint density at radius 2 is 2.24 bits per heavy atom. The van der Waals surface area contributed by atoms with Gasteiger partial charge in [-0.25, -0.2) is 4.79 Å². The number of hydrogen-bond donors (Lipinski definition) is 3. The molecule has 0 bridgehead atoms. The Bertz CT molecular complexity index is 384. The maximum Gasteiger partial charge on any atom is 0.371 e. The number of aliphatic hydroxyl groups is 1. The van der Waals surface area contributed by atoms with Crippen LogP contribution < -0.4 is 5.32 Å². The summed E-state index contributed by atoms with van der Waals surface area (Å²) in [5, 5.41) is 21.7. The van der Waals surface area contributed by atoms with E-state index in [1.54, 1.807) is 13.0 Å². The summed E-state index contributed by atoms with van der Waals surface area (Å²) in [5.74, 6) is -0.603. The molecule has 0 aliphatic rings. The third kappa shape index (κ3) is 3.87. The van der Waals surface area contributed by atoms with E-state index in [0.29, 0.717) is 18.7 Å². The topological polar surface area (TPSA) is 82.7 Å². The van der Waals surface area contributed by atoms with Crippen molar-refractivity contribution in [3.05, 3.63) is 23.7 Å². The lowest BCUT2D eigenvalue weighted by Crippen LogP contribution is -2.38. The summed E-state index contributed by atoms with van der Waals surface area (Å²) in [6, 6.07) is 2.91. The number of carbonyl (C=O) groups is 1. The number of aromatic carboxylic acids is 1. The van der Waals surface area contributed by atoms with Crippen molar-refractivity contribution in [3.8, 4) is 0 Å². The minimum Gasteiger partial charge on any atom is -0.475 e. The predicted octanol–water partition coefficient (Wildman–Crippen LogP) is 1.79. The molecule has 0 aliphatic heterocycles. The summed E-state index contributed by atoms with van der Waals surface area (Å²) in [6.45, 7) is 5.93. The highest BCUT2D eigenvalue weighted by Gasteiger charge is 2.20. The van der Waals surface area contributed by atoms with Crippen molar-refractivity contribution >= 4 is 5.97 Å². The minimum atomic E-state index is -1.08. The molecule has 1 heterocycles. The van der Waals surface area contributed by atoms with Gasteiger partial charge in [0.2, 0.25) is 5.76 Å². The number of carboxylic acids is 1. The molecule has 0 amide bonds. The van der Waals surface area contributed by atoms with Crippen LogP contribution in [0.4, 0.5) is 0 Å². The number of furan rings is 1. The maximum atomic E-state index is 10.6. The van der Waals surface area contributed by atoms with Gasteiger partial charge in [-0.1, -0.05) is 6.92 Å². The molecule has 2 unspecified atom stereocenters. The summed E-state index contributed by atoms with van der Waals surface area (Å²) in [7, 11) is 0. The Hall–Kier alpha value is -1.33. The van der Waals surface area contributed by atoms with Crippen LogP contribution in [0.3, 0.4) is 0 Å². The van der Waals surface area contributed by atoms with Gasteiger partial charge in [0.1, 0.15) is 5.76 Å². The molecule has 1 rings (SSSR count). The summed E-state index contributed by atoms with van der Waals surface area (Å²) in [5.41, 5.74) is -0.767. The SMILES string of the molecule is CCC(C)(O)CNC(C)c1ccc(C(=O)O)o1. The van der Waals surface area contributed by atoms with Gasteiger partial charge in [0.15, 0.2) is 0 Å². The highest BCUT2D eigenvalue weighted by atomic mass is 16.4. The van der Waals surface area contributed by atoms with Gasteiger partial charge in [0.05, 0.1) is 11.6 Å². The second kappa shape index (κ2) is 5.33. The minimum absolute atomic E-state index is 0.0732. The van der Waals surface area contributed by atoms with E-state index in [0.717, 1.165) is 0 Å². The molecular formula is C12H19NO4. The van der Waals surface area contributed by atoms with Crippen LogP contribution in [0, 0.1) is 0 Å². The summed E-state index contributed by atoms with van der Waals surface area (Å²) in [4.78, 5) is 10.6. The Labute approximate surface area is 100 Å². The van der Waals surface area contributed by atoms with Crippen LogP contribution in [0.15, 0.2) is 16.5 Å². The van der Waals surface area contributed by atoms with Crippen LogP contribution in [0.5, 0.6) is 0 Å². The van der Waals surface area contributed by atoms with Crippen molar-refractivity contribution in [2.45, 2.75) is 38.8 Å². The quantitative estimate of drug-likeness (QED) is 0.707. The lowest BCUT2D eigenvalue weighted by atomic mass is 10.0. The molecule has 1 aromatic heterocycles. The molecule has 0 spiro atoms. The van der Waals surface area contributed by atoms with Crippen molar-refractivity contribution in [2.24, 2.45) is 0 Å². The first-order valence-corrected chi connectivity index (χ1v) is 5.64. The molecule has 3 N–H and O–H groups in total. The highest BCUT2D eigenvalue weighted by Crippen LogP contribution is 2.17. The molecular weight excluding hydrogens is 222 g/mol. The van der Waals surface area contributed by atoms with E-state index in [9.17, 15) is 9.90 Å². The van der Waals surface area contributed by atoms with Crippen molar-refractivity contribution < 1.29 is 19.4 Å². The first-order valence-electron chi connectivity index (χ1n) is 5.64. The van der Waals surface area contributed by atoms with Gasteiger partial charge in [0, 0.05) is 6.54 Å². The lowest BCUT2D eigenvalue weighted by molar-refractivity contribution is 0.0522. The van der Waals surface area contributed by atoms with Crippen LogP contribution in [-0.4, -0.2) is 28.3 Å². The summed E-state index contributed by atoms with van der Waals surface area (Å²) in [6.07, 6.45) is 0.644. The third-order valence-electron chi connectivity index (χ3n) is 2.82. The first-order chi connectivity index (χ1) is 7.85. The molecule has 96 valence electrons. The number of carboxylic acid groups (broad SMARTS) is 1. The van der Waals surface area contributed by atoms with E-state index in [1.165, 1.54) is 6.07 Å². The number of hydrogen-bond acceptors (Lipinski definition) is 4. The molecule has 1 aromatic rings. The molecule has 0 radical (unpaired) electrons. The van der Waals surface area contributed by atoms with Gasteiger partial charge in [-0.05, 0) is 32.4 Å². The molecule has 0 aromatic carbocycles. The van der Waals surface area contributed by atoms with E-state index < -0.39 is 11.6 Å². The Balaban J connectivity index is 2.58. The van der Waals surface area contributed by atoms with Crippen LogP contribution >= 0.6 is 0 Å². The van der Waals surface area contributed by atoms with E-state index >= 15 is 0 Å². The Kier molecular flexibility index (Phi) is 4.31. The average molecular weight is 241 g/mol. The second-order valence-corrected chi connectivity index (χ2v) is 4.46. The summed E-state index contributed by atoms with van der Waals surface area (Å²) >= 11 is 0. The fraction of sp³-hybridized carbons (Fsp3) is 0.583. The zero-order valence-electron chi connectivity index (χ0n) is 10.4. The second-order valence-electron chi connectivity index (χ2n) is 4.46. The molecule has 5 heteroatoms. The Morgan fingerprint density at radius 1 is 1.59 bits per heavy atom.